The molecule has 168 valence electrons. The quantitative estimate of drug-likeness (QED) is 0.671. The normalized spacial score (nSPS) is 20.3. The molecule has 0 amide bonds. The Balaban J connectivity index is 1.29. The van der Waals surface area contributed by atoms with Gasteiger partial charge in [-0.25, -0.2) is 0 Å². The molecular weight excluding hydrogens is 399 g/mol. The Morgan fingerprint density at radius 3 is 2.10 bits per heavy atom. The molecule has 0 aromatic heterocycles. The number of alkyl halides is 3. The van der Waals surface area contributed by atoms with Gasteiger partial charge in [0, 0.05) is 39.3 Å². The van der Waals surface area contributed by atoms with E-state index in [0.717, 1.165) is 61.9 Å². The van der Waals surface area contributed by atoms with Crippen molar-refractivity contribution in [2.75, 3.05) is 52.9 Å². The van der Waals surface area contributed by atoms with Gasteiger partial charge in [-0.1, -0.05) is 30.3 Å². The summed E-state index contributed by atoms with van der Waals surface area (Å²) in [5, 5.41) is 0. The Labute approximate surface area is 183 Å². The summed E-state index contributed by atoms with van der Waals surface area (Å²) >= 11 is 0. The van der Waals surface area contributed by atoms with E-state index in [-0.39, 0.29) is 0 Å². The number of benzene rings is 2. The fraction of sp³-hybridized carbons (Fsp3) is 0.520. The number of piperazine rings is 1. The van der Waals surface area contributed by atoms with E-state index in [0.29, 0.717) is 0 Å². The molecule has 2 aliphatic rings. The SMILES string of the molecule is CN1CCC(CN2CCN(Cc3cccc(-c4ccc(C(F)(F)F)cc4)c3)CC2)CC1. The summed E-state index contributed by atoms with van der Waals surface area (Å²) in [6.45, 7) is 8.92. The molecule has 4 rings (SSSR count). The highest BCUT2D eigenvalue weighted by molar-refractivity contribution is 5.64. The van der Waals surface area contributed by atoms with Crippen LogP contribution in [0.1, 0.15) is 24.0 Å². The first-order valence-corrected chi connectivity index (χ1v) is 11.3. The molecule has 0 aliphatic carbocycles. The van der Waals surface area contributed by atoms with Gasteiger partial charge in [0.05, 0.1) is 5.56 Å². The Bertz CT molecular complexity index is 834. The molecule has 0 bridgehead atoms. The predicted molar refractivity (Wildman–Crippen MR) is 119 cm³/mol. The van der Waals surface area contributed by atoms with Gasteiger partial charge in [-0.2, -0.15) is 13.2 Å². The molecule has 2 saturated heterocycles. The van der Waals surface area contributed by atoms with Gasteiger partial charge in [0.25, 0.3) is 0 Å². The lowest BCUT2D eigenvalue weighted by Crippen LogP contribution is -2.48. The molecule has 3 nitrogen and oxygen atoms in total. The molecular formula is C25H32F3N3. The third-order valence-electron chi connectivity index (χ3n) is 6.70. The van der Waals surface area contributed by atoms with Gasteiger partial charge in [-0.05, 0) is 73.8 Å². The van der Waals surface area contributed by atoms with Gasteiger partial charge in [-0.3, -0.25) is 4.90 Å². The minimum absolute atomic E-state index is 0.606. The average Bonchev–Trinajstić information content (AvgIpc) is 2.76. The van der Waals surface area contributed by atoms with Gasteiger partial charge in [-0.15, -0.1) is 0 Å². The van der Waals surface area contributed by atoms with Crippen molar-refractivity contribution in [1.82, 2.24) is 14.7 Å². The van der Waals surface area contributed by atoms with Crippen LogP contribution in [0.2, 0.25) is 0 Å². The van der Waals surface area contributed by atoms with E-state index in [1.165, 1.54) is 38.0 Å². The Kier molecular flexibility index (Phi) is 6.99. The first kappa shape index (κ1) is 22.3. The number of hydrogen-bond acceptors (Lipinski definition) is 3. The molecule has 2 heterocycles. The van der Waals surface area contributed by atoms with E-state index in [9.17, 15) is 13.2 Å². The monoisotopic (exact) mass is 431 g/mol. The van der Waals surface area contributed by atoms with Crippen molar-refractivity contribution in [2.24, 2.45) is 5.92 Å². The van der Waals surface area contributed by atoms with Crippen molar-refractivity contribution < 1.29 is 13.2 Å². The van der Waals surface area contributed by atoms with Crippen LogP contribution in [0, 0.1) is 5.92 Å². The maximum Gasteiger partial charge on any atom is 0.416 e. The molecule has 2 aromatic carbocycles. The zero-order valence-electron chi connectivity index (χ0n) is 18.2. The first-order chi connectivity index (χ1) is 14.9. The summed E-state index contributed by atoms with van der Waals surface area (Å²) in [6, 6.07) is 13.6. The van der Waals surface area contributed by atoms with Crippen LogP contribution in [-0.2, 0) is 12.7 Å². The Morgan fingerprint density at radius 1 is 0.806 bits per heavy atom. The summed E-state index contributed by atoms with van der Waals surface area (Å²) in [5.41, 5.74) is 2.39. The summed E-state index contributed by atoms with van der Waals surface area (Å²) in [7, 11) is 2.21. The molecule has 0 unspecified atom stereocenters. The van der Waals surface area contributed by atoms with Crippen LogP contribution >= 0.6 is 0 Å². The lowest BCUT2D eigenvalue weighted by molar-refractivity contribution is -0.137. The van der Waals surface area contributed by atoms with Gasteiger partial charge in [0.15, 0.2) is 0 Å². The number of likely N-dealkylation sites (tertiary alicyclic amines) is 1. The number of rotatable bonds is 5. The predicted octanol–water partition coefficient (Wildman–Crippen LogP) is 4.83. The molecule has 2 aromatic rings. The zero-order chi connectivity index (χ0) is 21.8. The van der Waals surface area contributed by atoms with Crippen LogP contribution in [0.5, 0.6) is 0 Å². The van der Waals surface area contributed by atoms with Crippen molar-refractivity contribution in [1.29, 1.82) is 0 Å². The van der Waals surface area contributed by atoms with Crippen LogP contribution in [0.25, 0.3) is 11.1 Å². The highest BCUT2D eigenvalue weighted by Crippen LogP contribution is 2.31. The molecule has 0 N–H and O–H groups in total. The summed E-state index contributed by atoms with van der Waals surface area (Å²) in [5.74, 6) is 0.836. The van der Waals surface area contributed by atoms with Crippen LogP contribution in [-0.4, -0.2) is 67.6 Å². The van der Waals surface area contributed by atoms with E-state index in [2.05, 4.69) is 33.9 Å². The molecule has 0 atom stereocenters. The number of piperidine rings is 1. The Morgan fingerprint density at radius 2 is 1.45 bits per heavy atom. The van der Waals surface area contributed by atoms with Crippen LogP contribution in [0.15, 0.2) is 48.5 Å². The Hall–Kier alpha value is -1.89. The number of nitrogens with zero attached hydrogens (tertiary/aromatic N) is 3. The van der Waals surface area contributed by atoms with E-state index >= 15 is 0 Å². The van der Waals surface area contributed by atoms with E-state index in [1.807, 2.05) is 12.1 Å². The van der Waals surface area contributed by atoms with Crippen molar-refractivity contribution in [3.05, 3.63) is 59.7 Å². The minimum Gasteiger partial charge on any atom is -0.306 e. The third-order valence-corrected chi connectivity index (χ3v) is 6.70. The lowest BCUT2D eigenvalue weighted by atomic mass is 9.96. The molecule has 6 heteroatoms. The number of halogens is 3. The first-order valence-electron chi connectivity index (χ1n) is 11.3. The van der Waals surface area contributed by atoms with Crippen LogP contribution < -0.4 is 0 Å². The largest absolute Gasteiger partial charge is 0.416 e. The van der Waals surface area contributed by atoms with Crippen molar-refractivity contribution in [3.63, 3.8) is 0 Å². The van der Waals surface area contributed by atoms with Gasteiger partial charge in [0.2, 0.25) is 0 Å². The van der Waals surface area contributed by atoms with E-state index < -0.39 is 11.7 Å². The third kappa shape index (κ3) is 6.09. The zero-order valence-corrected chi connectivity index (χ0v) is 18.2. The lowest BCUT2D eigenvalue weighted by Gasteiger charge is -2.38. The van der Waals surface area contributed by atoms with Crippen molar-refractivity contribution in [2.45, 2.75) is 25.6 Å². The minimum atomic E-state index is -4.30. The standard InChI is InChI=1S/C25H32F3N3/c1-29-11-9-20(10-12-29)18-30-13-15-31(16-14-30)19-21-3-2-4-23(17-21)22-5-7-24(8-6-22)25(26,27)28/h2-8,17,20H,9-16,18-19H2,1H3. The van der Waals surface area contributed by atoms with Crippen LogP contribution in [0.3, 0.4) is 0 Å². The number of hydrogen-bond donors (Lipinski definition) is 0. The molecule has 31 heavy (non-hydrogen) atoms. The fourth-order valence-electron chi connectivity index (χ4n) is 4.70. The second-order valence-electron chi connectivity index (χ2n) is 9.10. The second-order valence-corrected chi connectivity index (χ2v) is 9.10. The summed E-state index contributed by atoms with van der Waals surface area (Å²) < 4.78 is 38.4. The second kappa shape index (κ2) is 9.72. The maximum atomic E-state index is 12.8. The van der Waals surface area contributed by atoms with E-state index in [4.69, 9.17) is 0 Å². The molecule has 0 saturated carbocycles. The highest BCUT2D eigenvalue weighted by atomic mass is 19.4. The van der Waals surface area contributed by atoms with Crippen LogP contribution in [0.4, 0.5) is 13.2 Å². The molecule has 2 aliphatic heterocycles. The molecule has 0 spiro atoms. The fourth-order valence-corrected chi connectivity index (χ4v) is 4.70. The van der Waals surface area contributed by atoms with Crippen molar-refractivity contribution >= 4 is 0 Å². The van der Waals surface area contributed by atoms with Gasteiger partial charge in [0.1, 0.15) is 0 Å². The average molecular weight is 432 g/mol. The molecule has 2 fully saturated rings. The molecule has 0 radical (unpaired) electrons. The van der Waals surface area contributed by atoms with Gasteiger partial charge < -0.3 is 9.80 Å². The highest BCUT2D eigenvalue weighted by Gasteiger charge is 2.30. The summed E-state index contributed by atoms with van der Waals surface area (Å²) in [6.07, 6.45) is -1.67. The maximum absolute atomic E-state index is 12.8. The topological polar surface area (TPSA) is 9.72 Å². The van der Waals surface area contributed by atoms with Gasteiger partial charge >= 0.3 is 6.18 Å². The van der Waals surface area contributed by atoms with Crippen molar-refractivity contribution in [3.8, 4) is 11.1 Å². The van der Waals surface area contributed by atoms with E-state index in [1.54, 1.807) is 12.1 Å². The smallest absolute Gasteiger partial charge is 0.306 e. The summed E-state index contributed by atoms with van der Waals surface area (Å²) in [4.78, 5) is 7.52.